The van der Waals surface area contributed by atoms with Crippen LogP contribution in [0.3, 0.4) is 0 Å². The molecule has 0 aliphatic heterocycles. The molecule has 0 bridgehead atoms. The van der Waals surface area contributed by atoms with E-state index in [1.807, 2.05) is 42.7 Å². The molecule has 1 aromatic carbocycles. The average Bonchev–Trinajstić information content (AvgIpc) is 3.12. The predicted octanol–water partition coefficient (Wildman–Crippen LogP) is 2.73. The average molecular weight is 282 g/mol. The van der Waals surface area contributed by atoms with Gasteiger partial charge in [-0.15, -0.1) is 0 Å². The van der Waals surface area contributed by atoms with E-state index in [-0.39, 0.29) is 11.6 Å². The molecule has 6 nitrogen and oxygen atoms in total. The van der Waals surface area contributed by atoms with Crippen molar-refractivity contribution in [2.24, 2.45) is 0 Å². The molecule has 6 heteroatoms. The zero-order valence-corrected chi connectivity index (χ0v) is 11.7. The molecule has 0 spiro atoms. The Morgan fingerprint density at radius 2 is 1.95 bits per heavy atom. The summed E-state index contributed by atoms with van der Waals surface area (Å²) in [4.78, 5) is 16.1. The van der Waals surface area contributed by atoms with Crippen LogP contribution in [0.15, 0.2) is 47.4 Å². The van der Waals surface area contributed by atoms with E-state index in [1.165, 1.54) is 12.3 Å². The fraction of sp³-hybridized carbons (Fsp3) is 0.133. The zero-order chi connectivity index (χ0) is 14.8. The molecule has 21 heavy (non-hydrogen) atoms. The summed E-state index contributed by atoms with van der Waals surface area (Å²) < 4.78 is 6.64. The first-order valence-corrected chi connectivity index (χ1v) is 6.48. The van der Waals surface area contributed by atoms with Crippen molar-refractivity contribution in [3.05, 3.63) is 60.0 Å². The van der Waals surface area contributed by atoms with E-state index in [0.29, 0.717) is 5.69 Å². The number of aryl methyl sites for hydroxylation is 1. The summed E-state index contributed by atoms with van der Waals surface area (Å²) in [5, 5.41) is 6.35. The Kier molecular flexibility index (Phi) is 3.27. The first-order chi connectivity index (χ1) is 10.1. The number of anilines is 1. The van der Waals surface area contributed by atoms with Crippen molar-refractivity contribution >= 4 is 11.6 Å². The number of nitrogens with zero attached hydrogens (tertiary/aromatic N) is 3. The van der Waals surface area contributed by atoms with Crippen LogP contribution in [-0.4, -0.2) is 20.6 Å². The van der Waals surface area contributed by atoms with Crippen molar-refractivity contribution in [3.8, 4) is 5.69 Å². The minimum absolute atomic E-state index is 0.250. The lowest BCUT2D eigenvalue weighted by molar-refractivity contribution is 0.101. The van der Waals surface area contributed by atoms with Crippen molar-refractivity contribution in [2.75, 3.05) is 5.32 Å². The fourth-order valence-electron chi connectivity index (χ4n) is 1.99. The second-order valence-electron chi connectivity index (χ2n) is 4.67. The Bertz CT molecular complexity index is 758. The van der Waals surface area contributed by atoms with Gasteiger partial charge in [0.2, 0.25) is 0 Å². The maximum Gasteiger partial charge on any atom is 0.277 e. The Morgan fingerprint density at radius 3 is 2.52 bits per heavy atom. The van der Waals surface area contributed by atoms with Crippen LogP contribution < -0.4 is 5.32 Å². The van der Waals surface area contributed by atoms with Crippen LogP contribution in [0.25, 0.3) is 5.69 Å². The van der Waals surface area contributed by atoms with Crippen molar-refractivity contribution in [1.82, 2.24) is 14.7 Å². The molecule has 0 fully saturated rings. The number of rotatable bonds is 3. The summed E-state index contributed by atoms with van der Waals surface area (Å²) in [5.41, 5.74) is 4.03. The molecular formula is C15H14N4O2. The van der Waals surface area contributed by atoms with Crippen molar-refractivity contribution in [2.45, 2.75) is 13.8 Å². The van der Waals surface area contributed by atoms with Crippen molar-refractivity contribution in [3.63, 3.8) is 0 Å². The van der Waals surface area contributed by atoms with Gasteiger partial charge < -0.3 is 14.4 Å². The van der Waals surface area contributed by atoms with Crippen LogP contribution in [0.1, 0.15) is 21.9 Å². The number of carbonyl (C=O) groups is 1. The number of hydrogen-bond donors (Lipinski definition) is 1. The molecule has 106 valence electrons. The SMILES string of the molecule is Cc1ncn(-c2ccc(NC(=O)c3ccon3)cc2)c1C. The molecule has 3 aromatic rings. The van der Waals surface area contributed by atoms with Gasteiger partial charge in [0.25, 0.3) is 5.91 Å². The third-order valence-electron chi connectivity index (χ3n) is 3.33. The third-order valence-corrected chi connectivity index (χ3v) is 3.33. The number of imidazole rings is 1. The predicted molar refractivity (Wildman–Crippen MR) is 77.5 cm³/mol. The topological polar surface area (TPSA) is 73.0 Å². The monoisotopic (exact) mass is 282 g/mol. The molecule has 0 saturated heterocycles. The molecule has 1 amide bonds. The minimum atomic E-state index is -0.300. The van der Waals surface area contributed by atoms with Crippen LogP contribution in [0.4, 0.5) is 5.69 Å². The number of nitrogens with one attached hydrogen (secondary N) is 1. The van der Waals surface area contributed by atoms with Crippen LogP contribution >= 0.6 is 0 Å². The number of hydrogen-bond acceptors (Lipinski definition) is 4. The summed E-state index contributed by atoms with van der Waals surface area (Å²) in [7, 11) is 0. The van der Waals surface area contributed by atoms with Gasteiger partial charge in [-0.05, 0) is 38.1 Å². The number of carbonyl (C=O) groups excluding carboxylic acids is 1. The Morgan fingerprint density at radius 1 is 1.19 bits per heavy atom. The second kappa shape index (κ2) is 5.24. The molecule has 3 rings (SSSR count). The number of aromatic nitrogens is 3. The molecule has 2 heterocycles. The van der Waals surface area contributed by atoms with Crippen molar-refractivity contribution < 1.29 is 9.32 Å². The van der Waals surface area contributed by atoms with Gasteiger partial charge in [0, 0.05) is 23.1 Å². The molecular weight excluding hydrogens is 268 g/mol. The van der Waals surface area contributed by atoms with Gasteiger partial charge in [-0.2, -0.15) is 0 Å². The highest BCUT2D eigenvalue weighted by atomic mass is 16.5. The van der Waals surface area contributed by atoms with Crippen LogP contribution in [0.2, 0.25) is 0 Å². The van der Waals surface area contributed by atoms with Gasteiger partial charge in [-0.1, -0.05) is 5.16 Å². The third kappa shape index (κ3) is 2.55. The fourth-order valence-corrected chi connectivity index (χ4v) is 1.99. The van der Waals surface area contributed by atoms with E-state index in [0.717, 1.165) is 17.1 Å². The first kappa shape index (κ1) is 13.1. The molecule has 1 N–H and O–H groups in total. The van der Waals surface area contributed by atoms with Crippen molar-refractivity contribution in [1.29, 1.82) is 0 Å². The van der Waals surface area contributed by atoms with Crippen LogP contribution in [0, 0.1) is 13.8 Å². The lowest BCUT2D eigenvalue weighted by atomic mass is 10.2. The molecule has 0 aliphatic carbocycles. The van der Waals surface area contributed by atoms with Gasteiger partial charge >= 0.3 is 0 Å². The lowest BCUT2D eigenvalue weighted by Gasteiger charge is -2.07. The molecule has 0 unspecified atom stereocenters. The van der Waals surface area contributed by atoms with E-state index in [4.69, 9.17) is 0 Å². The summed E-state index contributed by atoms with van der Waals surface area (Å²) >= 11 is 0. The number of amides is 1. The van der Waals surface area contributed by atoms with Gasteiger partial charge in [-0.25, -0.2) is 4.98 Å². The van der Waals surface area contributed by atoms with Crippen LogP contribution in [-0.2, 0) is 0 Å². The van der Waals surface area contributed by atoms with E-state index >= 15 is 0 Å². The Hall–Kier alpha value is -2.89. The van der Waals surface area contributed by atoms with Gasteiger partial charge in [0.05, 0.1) is 12.0 Å². The van der Waals surface area contributed by atoms with E-state index in [1.54, 1.807) is 6.33 Å². The highest BCUT2D eigenvalue weighted by Gasteiger charge is 2.09. The Labute approximate surface area is 121 Å². The largest absolute Gasteiger partial charge is 0.364 e. The summed E-state index contributed by atoms with van der Waals surface area (Å²) in [6, 6.07) is 9.03. The summed E-state index contributed by atoms with van der Waals surface area (Å²) in [6.45, 7) is 3.99. The second-order valence-corrected chi connectivity index (χ2v) is 4.67. The lowest BCUT2D eigenvalue weighted by Crippen LogP contribution is -2.12. The van der Waals surface area contributed by atoms with E-state index in [2.05, 4.69) is 20.0 Å². The highest BCUT2D eigenvalue weighted by molar-refractivity contribution is 6.02. The highest BCUT2D eigenvalue weighted by Crippen LogP contribution is 2.17. The summed E-state index contributed by atoms with van der Waals surface area (Å²) in [6.07, 6.45) is 3.15. The Balaban J connectivity index is 1.78. The summed E-state index contributed by atoms with van der Waals surface area (Å²) in [5.74, 6) is -0.300. The molecule has 0 aliphatic rings. The van der Waals surface area contributed by atoms with E-state index in [9.17, 15) is 4.79 Å². The van der Waals surface area contributed by atoms with Gasteiger partial charge in [0.1, 0.15) is 6.26 Å². The van der Waals surface area contributed by atoms with Gasteiger partial charge in [-0.3, -0.25) is 4.79 Å². The molecule has 0 radical (unpaired) electrons. The van der Waals surface area contributed by atoms with Crippen LogP contribution in [0.5, 0.6) is 0 Å². The quantitative estimate of drug-likeness (QED) is 0.801. The minimum Gasteiger partial charge on any atom is -0.364 e. The maximum absolute atomic E-state index is 11.8. The maximum atomic E-state index is 11.8. The van der Waals surface area contributed by atoms with Gasteiger partial charge in [0.15, 0.2) is 5.69 Å². The standard InChI is InChI=1S/C15H14N4O2/c1-10-11(2)19(9-16-10)13-5-3-12(4-6-13)17-15(20)14-7-8-21-18-14/h3-9H,1-2H3,(H,17,20). The molecule has 2 aromatic heterocycles. The smallest absolute Gasteiger partial charge is 0.277 e. The van der Waals surface area contributed by atoms with E-state index < -0.39 is 0 Å². The normalized spacial score (nSPS) is 10.6. The zero-order valence-electron chi connectivity index (χ0n) is 11.7. The number of benzene rings is 1. The molecule has 0 atom stereocenters. The first-order valence-electron chi connectivity index (χ1n) is 6.48. The molecule has 0 saturated carbocycles.